The van der Waals surface area contributed by atoms with E-state index < -0.39 is 43.7 Å². The molecule has 1 saturated heterocycles. The second-order valence-electron chi connectivity index (χ2n) is 9.22. The minimum atomic E-state index is -5.38. The summed E-state index contributed by atoms with van der Waals surface area (Å²) < 4.78 is 79.3. The molecule has 0 radical (unpaired) electrons. The Morgan fingerprint density at radius 2 is 1.85 bits per heavy atom. The van der Waals surface area contributed by atoms with E-state index in [0.29, 0.717) is 49.9 Å². The van der Waals surface area contributed by atoms with Crippen LogP contribution in [0.3, 0.4) is 0 Å². The third-order valence-electron chi connectivity index (χ3n) is 5.55. The van der Waals surface area contributed by atoms with Crippen LogP contribution in [-0.2, 0) is 37.4 Å². The summed E-state index contributed by atoms with van der Waals surface area (Å²) in [5, 5.41) is 3.27. The van der Waals surface area contributed by atoms with Crippen molar-refractivity contribution in [3.63, 3.8) is 0 Å². The van der Waals surface area contributed by atoms with Crippen LogP contribution in [0.1, 0.15) is 44.7 Å². The molecule has 0 aromatic heterocycles. The molecule has 0 bridgehead atoms. The number of fused-ring (bicyclic) bond motifs is 1. The van der Waals surface area contributed by atoms with Gasteiger partial charge in [-0.15, -0.1) is 0 Å². The first-order valence-electron chi connectivity index (χ1n) is 10.2. The topological polar surface area (TPSA) is 111 Å². The lowest BCUT2D eigenvalue weighted by Gasteiger charge is -2.34. The number of sulfonamides is 1. The monoisotopic (exact) mass is 509 g/mol. The van der Waals surface area contributed by atoms with Crippen LogP contribution in [0.25, 0.3) is 0 Å². The van der Waals surface area contributed by atoms with E-state index in [1.165, 1.54) is 12.1 Å². The number of piperidine rings is 1. The van der Waals surface area contributed by atoms with Gasteiger partial charge in [-0.3, -0.25) is 0 Å². The lowest BCUT2D eigenvalue weighted by Crippen LogP contribution is -2.42. The summed E-state index contributed by atoms with van der Waals surface area (Å²) >= 11 is -1.62. The summed E-state index contributed by atoms with van der Waals surface area (Å²) in [5.41, 5.74) is 1.12. The molecule has 1 aromatic rings. The normalized spacial score (nSPS) is 20.5. The molecule has 0 amide bonds. The summed E-state index contributed by atoms with van der Waals surface area (Å²) in [7, 11) is -4.41. The second-order valence-corrected chi connectivity index (χ2v) is 12.9. The molecule has 1 aliphatic heterocycles. The predicted molar refractivity (Wildman–Crippen MR) is 119 cm³/mol. The molecule has 2 aliphatic rings. The highest BCUT2D eigenvalue weighted by atomic mass is 32.2. The van der Waals surface area contributed by atoms with Gasteiger partial charge in [-0.2, -0.15) is 13.2 Å². The predicted octanol–water partition coefficient (Wildman–Crippen LogP) is 2.65. The smallest absolute Gasteiger partial charge is 0.493 e. The zero-order valence-corrected chi connectivity index (χ0v) is 20.3. The van der Waals surface area contributed by atoms with Gasteiger partial charge in [0.15, 0.2) is 0 Å². The highest BCUT2D eigenvalue weighted by Gasteiger charge is 2.47. The lowest BCUT2D eigenvalue weighted by molar-refractivity contribution is -0.199. The van der Waals surface area contributed by atoms with E-state index in [2.05, 4.69) is 14.6 Å². The number of anilines is 1. The number of hydrogen-bond donors (Lipinski definition) is 1. The summed E-state index contributed by atoms with van der Waals surface area (Å²) in [4.78, 5) is 15.6. The first-order valence-corrected chi connectivity index (χ1v) is 13.1. The van der Waals surface area contributed by atoms with Gasteiger partial charge in [-0.05, 0) is 70.8 Å². The molecule has 13 heteroatoms. The first-order chi connectivity index (χ1) is 15.0. The molecule has 1 N–H and O–H groups in total. The Bertz CT molecular complexity index is 1060. The fourth-order valence-corrected chi connectivity index (χ4v) is 5.34. The Labute approximate surface area is 193 Å². The van der Waals surface area contributed by atoms with Gasteiger partial charge in [0, 0.05) is 11.0 Å². The summed E-state index contributed by atoms with van der Waals surface area (Å²) in [5.74, 6) is -2.66. The van der Waals surface area contributed by atoms with Crippen LogP contribution < -0.4 is 9.79 Å². The minimum Gasteiger partial charge on any atom is -0.591 e. The highest BCUT2D eigenvalue weighted by Crippen LogP contribution is 2.46. The largest absolute Gasteiger partial charge is 0.591 e. The van der Waals surface area contributed by atoms with Crippen molar-refractivity contribution in [3.8, 4) is 0 Å². The van der Waals surface area contributed by atoms with Crippen molar-refractivity contribution < 1.29 is 35.8 Å². The molecule has 0 saturated carbocycles. The van der Waals surface area contributed by atoms with E-state index in [9.17, 15) is 30.9 Å². The highest BCUT2D eigenvalue weighted by molar-refractivity contribution is 7.92. The fourth-order valence-electron chi connectivity index (χ4n) is 3.91. The molecule has 1 atom stereocenters. The van der Waals surface area contributed by atoms with Crippen molar-refractivity contribution in [2.45, 2.75) is 51.0 Å². The SMILES string of the molecule is CC(C)(C)[S+]([O-])N=C1c2cc(N(OC(=O)C(F)(F)F)S(C)(=O)=O)ccc2CC12CCNCC2. The number of rotatable bonds is 4. The third kappa shape index (κ3) is 5.47. The van der Waals surface area contributed by atoms with Gasteiger partial charge < -0.3 is 14.7 Å². The van der Waals surface area contributed by atoms with Crippen molar-refractivity contribution in [1.29, 1.82) is 0 Å². The van der Waals surface area contributed by atoms with E-state index >= 15 is 0 Å². The van der Waals surface area contributed by atoms with Crippen LogP contribution in [0.5, 0.6) is 0 Å². The maximum Gasteiger partial charge on any atom is 0.493 e. The molecule has 8 nitrogen and oxygen atoms in total. The van der Waals surface area contributed by atoms with Crippen molar-refractivity contribution in [1.82, 2.24) is 5.32 Å². The minimum absolute atomic E-state index is 0.0468. The molecular weight excluding hydrogens is 483 g/mol. The van der Waals surface area contributed by atoms with Crippen molar-refractivity contribution in [3.05, 3.63) is 29.3 Å². The Balaban J connectivity index is 2.11. The number of alkyl halides is 3. The van der Waals surface area contributed by atoms with Crippen LogP contribution >= 0.6 is 0 Å². The summed E-state index contributed by atoms with van der Waals surface area (Å²) in [6.07, 6.45) is -2.77. The number of carbonyl (C=O) groups is 1. The zero-order chi connectivity index (χ0) is 24.8. The Hall–Kier alpha value is -1.83. The van der Waals surface area contributed by atoms with Gasteiger partial charge in [-0.1, -0.05) is 14.9 Å². The van der Waals surface area contributed by atoms with E-state index in [0.717, 1.165) is 5.56 Å². The van der Waals surface area contributed by atoms with Gasteiger partial charge in [0.05, 0.1) is 11.9 Å². The molecule has 1 aromatic carbocycles. The van der Waals surface area contributed by atoms with Gasteiger partial charge >= 0.3 is 12.1 Å². The van der Waals surface area contributed by atoms with Gasteiger partial charge in [0.1, 0.15) is 21.8 Å². The molecular formula is C20H26F3N3O5S2. The maximum absolute atomic E-state index is 12.9. The lowest BCUT2D eigenvalue weighted by atomic mass is 9.75. The number of halogens is 3. The quantitative estimate of drug-likeness (QED) is 0.494. The van der Waals surface area contributed by atoms with Crippen LogP contribution in [-0.4, -0.2) is 54.9 Å². The molecule has 1 heterocycles. The molecule has 3 rings (SSSR count). The third-order valence-corrected chi connectivity index (χ3v) is 7.83. The van der Waals surface area contributed by atoms with Gasteiger partial charge in [-0.25, -0.2) is 13.2 Å². The number of hydrogen-bond acceptors (Lipinski definition) is 7. The second kappa shape index (κ2) is 8.75. The number of carbonyl (C=O) groups excluding carboxylic acids is 1. The Morgan fingerprint density at radius 1 is 1.24 bits per heavy atom. The standard InChI is InChI=1S/C20H26F3N3O5S2/c1-18(2,3)32(28)25-16-15-11-14(26(33(4,29)30)31-17(27)20(21,22)23)6-5-13(15)12-19(16)7-9-24-10-8-19/h5-6,11,24H,7-10,12H2,1-4H3. The fraction of sp³-hybridized carbons (Fsp3) is 0.600. The Morgan fingerprint density at radius 3 is 2.36 bits per heavy atom. The Kier molecular flexibility index (Phi) is 6.84. The molecule has 1 spiro atoms. The zero-order valence-electron chi connectivity index (χ0n) is 18.7. The molecule has 1 fully saturated rings. The average molecular weight is 510 g/mol. The number of nitrogens with zero attached hydrogens (tertiary/aromatic N) is 2. The van der Waals surface area contributed by atoms with Crippen LogP contribution in [0.4, 0.5) is 18.9 Å². The summed E-state index contributed by atoms with van der Waals surface area (Å²) in [6, 6.07) is 4.19. The number of nitrogens with one attached hydrogen (secondary N) is 1. The van der Waals surface area contributed by atoms with Gasteiger partial charge in [0.25, 0.3) is 10.0 Å². The first kappa shape index (κ1) is 25.8. The van der Waals surface area contributed by atoms with Crippen molar-refractivity contribution >= 4 is 38.8 Å². The number of benzene rings is 1. The van der Waals surface area contributed by atoms with Crippen molar-refractivity contribution in [2.75, 3.05) is 23.8 Å². The molecule has 1 aliphatic carbocycles. The van der Waals surface area contributed by atoms with E-state index in [4.69, 9.17) is 0 Å². The molecule has 33 heavy (non-hydrogen) atoms. The van der Waals surface area contributed by atoms with E-state index in [-0.39, 0.29) is 10.2 Å². The maximum atomic E-state index is 12.9. The molecule has 1 unspecified atom stereocenters. The van der Waals surface area contributed by atoms with Crippen LogP contribution in [0.2, 0.25) is 0 Å². The molecule has 184 valence electrons. The average Bonchev–Trinajstić information content (AvgIpc) is 2.96. The van der Waals surface area contributed by atoms with Crippen molar-refractivity contribution in [2.24, 2.45) is 9.81 Å². The van der Waals surface area contributed by atoms with E-state index in [1.54, 1.807) is 26.8 Å². The van der Waals surface area contributed by atoms with Gasteiger partial charge in [0.2, 0.25) is 0 Å². The van der Waals surface area contributed by atoms with E-state index in [1.807, 2.05) is 0 Å². The van der Waals surface area contributed by atoms with Crippen LogP contribution in [0.15, 0.2) is 22.6 Å². The summed E-state index contributed by atoms with van der Waals surface area (Å²) in [6.45, 7) is 6.74. The van der Waals surface area contributed by atoms with Crippen LogP contribution in [0, 0.1) is 5.41 Å².